The summed E-state index contributed by atoms with van der Waals surface area (Å²) in [7, 11) is 0. The molecular formula is C16H23NO4. The van der Waals surface area contributed by atoms with E-state index in [0.29, 0.717) is 25.5 Å². The summed E-state index contributed by atoms with van der Waals surface area (Å²) < 4.78 is 16.9. The van der Waals surface area contributed by atoms with E-state index >= 15 is 0 Å². The Labute approximate surface area is 125 Å². The SMILES string of the molecule is CCOC[C@@]12CCCO[C@@H]1CCN(C(=O)c1ccco1)C2. The molecule has 3 heterocycles. The van der Waals surface area contributed by atoms with Crippen LogP contribution in [0.1, 0.15) is 36.7 Å². The highest BCUT2D eigenvalue weighted by molar-refractivity contribution is 5.91. The van der Waals surface area contributed by atoms with Gasteiger partial charge in [-0.15, -0.1) is 0 Å². The summed E-state index contributed by atoms with van der Waals surface area (Å²) >= 11 is 0. The average Bonchev–Trinajstić information content (AvgIpc) is 3.06. The van der Waals surface area contributed by atoms with E-state index in [1.54, 1.807) is 18.4 Å². The molecule has 0 saturated carbocycles. The van der Waals surface area contributed by atoms with E-state index in [9.17, 15) is 4.79 Å². The third kappa shape index (κ3) is 2.85. The van der Waals surface area contributed by atoms with Gasteiger partial charge >= 0.3 is 0 Å². The first-order valence-corrected chi connectivity index (χ1v) is 7.77. The van der Waals surface area contributed by atoms with E-state index in [1.165, 1.54) is 0 Å². The van der Waals surface area contributed by atoms with Crippen molar-refractivity contribution >= 4 is 5.91 Å². The molecule has 0 aromatic carbocycles. The summed E-state index contributed by atoms with van der Waals surface area (Å²) in [6.07, 6.45) is 4.71. The molecule has 0 radical (unpaired) electrons. The van der Waals surface area contributed by atoms with Crippen LogP contribution < -0.4 is 0 Å². The Balaban J connectivity index is 1.76. The number of carbonyl (C=O) groups excluding carboxylic acids is 1. The monoisotopic (exact) mass is 293 g/mol. The third-order valence-corrected chi connectivity index (χ3v) is 4.60. The van der Waals surface area contributed by atoms with Gasteiger partial charge in [0.25, 0.3) is 5.91 Å². The van der Waals surface area contributed by atoms with Crippen molar-refractivity contribution in [3.05, 3.63) is 24.2 Å². The Kier molecular flexibility index (Phi) is 4.31. The molecule has 2 saturated heterocycles. The minimum atomic E-state index is -0.0608. The summed E-state index contributed by atoms with van der Waals surface area (Å²) in [5.41, 5.74) is -0.0608. The number of carbonyl (C=O) groups is 1. The maximum atomic E-state index is 12.5. The van der Waals surface area contributed by atoms with Crippen molar-refractivity contribution in [2.45, 2.75) is 32.3 Å². The first-order valence-electron chi connectivity index (χ1n) is 7.77. The van der Waals surface area contributed by atoms with E-state index in [2.05, 4.69) is 0 Å². The van der Waals surface area contributed by atoms with Crippen LogP contribution in [0.15, 0.2) is 22.8 Å². The Morgan fingerprint density at radius 2 is 2.48 bits per heavy atom. The van der Waals surface area contributed by atoms with Crippen molar-refractivity contribution in [1.82, 2.24) is 4.90 Å². The summed E-state index contributed by atoms with van der Waals surface area (Å²) in [6, 6.07) is 3.47. The second-order valence-electron chi connectivity index (χ2n) is 5.96. The first-order chi connectivity index (χ1) is 10.2. The molecule has 2 fully saturated rings. The fourth-order valence-corrected chi connectivity index (χ4v) is 3.54. The number of ether oxygens (including phenoxy) is 2. The lowest BCUT2D eigenvalue weighted by Gasteiger charge is -2.50. The van der Waals surface area contributed by atoms with Crippen LogP contribution in [-0.4, -0.2) is 49.8 Å². The Morgan fingerprint density at radius 1 is 1.57 bits per heavy atom. The van der Waals surface area contributed by atoms with Crippen LogP contribution in [-0.2, 0) is 9.47 Å². The lowest BCUT2D eigenvalue weighted by molar-refractivity contribution is -0.146. The van der Waals surface area contributed by atoms with Gasteiger partial charge in [0.15, 0.2) is 5.76 Å². The molecule has 0 spiro atoms. The van der Waals surface area contributed by atoms with E-state index in [-0.39, 0.29) is 17.4 Å². The van der Waals surface area contributed by atoms with Crippen molar-refractivity contribution < 1.29 is 18.7 Å². The van der Waals surface area contributed by atoms with Gasteiger partial charge in [-0.25, -0.2) is 0 Å². The number of hydrogen-bond acceptors (Lipinski definition) is 4. The minimum absolute atomic E-state index is 0.0279. The first kappa shape index (κ1) is 14.6. The van der Waals surface area contributed by atoms with Crippen molar-refractivity contribution in [3.8, 4) is 0 Å². The van der Waals surface area contributed by atoms with Gasteiger partial charge in [-0.3, -0.25) is 4.79 Å². The summed E-state index contributed by atoms with van der Waals surface area (Å²) in [5, 5.41) is 0. The topological polar surface area (TPSA) is 51.9 Å². The van der Waals surface area contributed by atoms with Crippen LogP contribution in [0.4, 0.5) is 0 Å². The number of furan rings is 1. The molecule has 2 aliphatic heterocycles. The van der Waals surface area contributed by atoms with Crippen LogP contribution >= 0.6 is 0 Å². The molecule has 2 atom stereocenters. The standard InChI is InChI=1S/C16H23NO4/c1-2-19-12-16-7-4-10-21-14(16)6-8-17(11-16)15(18)13-5-3-9-20-13/h3,5,9,14H,2,4,6-8,10-12H2,1H3/t14-,16+/m1/s1. The molecule has 1 amide bonds. The molecule has 5 nitrogen and oxygen atoms in total. The maximum absolute atomic E-state index is 12.5. The van der Waals surface area contributed by atoms with E-state index < -0.39 is 0 Å². The molecule has 0 unspecified atom stereocenters. The molecule has 3 rings (SSSR count). The van der Waals surface area contributed by atoms with Crippen LogP contribution in [0, 0.1) is 5.41 Å². The summed E-state index contributed by atoms with van der Waals surface area (Å²) in [6.45, 7) is 5.60. The van der Waals surface area contributed by atoms with Crippen molar-refractivity contribution in [2.24, 2.45) is 5.41 Å². The fourth-order valence-electron chi connectivity index (χ4n) is 3.54. The number of fused-ring (bicyclic) bond motifs is 1. The maximum Gasteiger partial charge on any atom is 0.289 e. The fraction of sp³-hybridized carbons (Fsp3) is 0.688. The van der Waals surface area contributed by atoms with Gasteiger partial charge in [0.05, 0.1) is 19.0 Å². The van der Waals surface area contributed by atoms with Crippen LogP contribution in [0.25, 0.3) is 0 Å². The Hall–Kier alpha value is -1.33. The molecule has 21 heavy (non-hydrogen) atoms. The zero-order valence-corrected chi connectivity index (χ0v) is 12.5. The molecule has 1 aromatic heterocycles. The van der Waals surface area contributed by atoms with Gasteiger partial charge in [-0.05, 0) is 38.3 Å². The number of nitrogens with zero attached hydrogens (tertiary/aromatic N) is 1. The average molecular weight is 293 g/mol. The van der Waals surface area contributed by atoms with Gasteiger partial charge in [-0.2, -0.15) is 0 Å². The van der Waals surface area contributed by atoms with Crippen LogP contribution in [0.5, 0.6) is 0 Å². The molecular weight excluding hydrogens is 270 g/mol. The Morgan fingerprint density at radius 3 is 3.24 bits per heavy atom. The molecule has 2 aliphatic rings. The van der Waals surface area contributed by atoms with Gasteiger partial charge in [0.2, 0.25) is 0 Å². The molecule has 116 valence electrons. The largest absolute Gasteiger partial charge is 0.459 e. The minimum Gasteiger partial charge on any atom is -0.459 e. The predicted octanol–water partition coefficient (Wildman–Crippen LogP) is 2.33. The molecule has 5 heteroatoms. The van der Waals surface area contributed by atoms with Gasteiger partial charge in [-0.1, -0.05) is 0 Å². The zero-order chi connectivity index (χ0) is 14.7. The smallest absolute Gasteiger partial charge is 0.289 e. The Bertz CT molecular complexity index is 473. The summed E-state index contributed by atoms with van der Waals surface area (Å²) in [5.74, 6) is 0.386. The van der Waals surface area contributed by atoms with Gasteiger partial charge in [0.1, 0.15) is 0 Å². The lowest BCUT2D eigenvalue weighted by atomic mass is 9.73. The zero-order valence-electron chi connectivity index (χ0n) is 12.5. The lowest BCUT2D eigenvalue weighted by Crippen LogP contribution is -2.58. The number of rotatable bonds is 4. The molecule has 0 aliphatic carbocycles. The van der Waals surface area contributed by atoms with E-state index in [0.717, 1.165) is 32.4 Å². The van der Waals surface area contributed by atoms with Gasteiger partial charge in [0, 0.05) is 31.7 Å². The second kappa shape index (κ2) is 6.20. The van der Waals surface area contributed by atoms with E-state index in [4.69, 9.17) is 13.9 Å². The number of likely N-dealkylation sites (tertiary alicyclic amines) is 1. The highest BCUT2D eigenvalue weighted by Crippen LogP contribution is 2.40. The van der Waals surface area contributed by atoms with Crippen molar-refractivity contribution in [1.29, 1.82) is 0 Å². The van der Waals surface area contributed by atoms with E-state index in [1.807, 2.05) is 11.8 Å². The van der Waals surface area contributed by atoms with Crippen molar-refractivity contribution in [3.63, 3.8) is 0 Å². The second-order valence-corrected chi connectivity index (χ2v) is 5.96. The predicted molar refractivity (Wildman–Crippen MR) is 77.1 cm³/mol. The normalized spacial score (nSPS) is 29.2. The highest BCUT2D eigenvalue weighted by Gasteiger charge is 2.47. The van der Waals surface area contributed by atoms with Crippen LogP contribution in [0.2, 0.25) is 0 Å². The molecule has 0 bridgehead atoms. The van der Waals surface area contributed by atoms with Crippen LogP contribution in [0.3, 0.4) is 0 Å². The number of amides is 1. The summed E-state index contributed by atoms with van der Waals surface area (Å²) in [4.78, 5) is 14.4. The number of hydrogen-bond donors (Lipinski definition) is 0. The molecule has 0 N–H and O–H groups in total. The number of piperidine rings is 1. The molecule has 1 aromatic rings. The quantitative estimate of drug-likeness (QED) is 0.855. The highest BCUT2D eigenvalue weighted by atomic mass is 16.5. The van der Waals surface area contributed by atoms with Crippen molar-refractivity contribution in [2.75, 3.05) is 32.9 Å². The van der Waals surface area contributed by atoms with Gasteiger partial charge < -0.3 is 18.8 Å². The third-order valence-electron chi connectivity index (χ3n) is 4.60.